The fraction of sp³-hybridized carbons (Fsp3) is 1.00. The minimum absolute atomic E-state index is 0.394. The second kappa shape index (κ2) is 5.68. The predicted octanol–water partition coefficient (Wildman–Crippen LogP) is 1.40. The number of hydrogen-bond donors (Lipinski definition) is 1. The fourth-order valence-corrected chi connectivity index (χ4v) is 3.50. The van der Waals surface area contributed by atoms with E-state index in [0.717, 1.165) is 12.6 Å². The Morgan fingerprint density at radius 2 is 2.00 bits per heavy atom. The zero-order chi connectivity index (χ0) is 12.3. The molecule has 2 rings (SSSR count). The van der Waals surface area contributed by atoms with E-state index in [1.807, 2.05) is 0 Å². The van der Waals surface area contributed by atoms with E-state index in [0.29, 0.717) is 5.41 Å². The van der Waals surface area contributed by atoms with Crippen LogP contribution in [0.2, 0.25) is 0 Å². The highest BCUT2D eigenvalue weighted by atomic mass is 15.3. The molecule has 0 aliphatic carbocycles. The molecule has 0 saturated carbocycles. The van der Waals surface area contributed by atoms with Crippen molar-refractivity contribution in [3.05, 3.63) is 0 Å². The molecule has 0 bridgehead atoms. The molecule has 3 nitrogen and oxygen atoms in total. The summed E-state index contributed by atoms with van der Waals surface area (Å²) < 4.78 is 0. The highest BCUT2D eigenvalue weighted by Gasteiger charge is 2.31. The second-order valence-electron chi connectivity index (χ2n) is 6.62. The Balaban J connectivity index is 1.83. The number of fused-ring (bicyclic) bond motifs is 1. The van der Waals surface area contributed by atoms with Crippen molar-refractivity contribution < 1.29 is 0 Å². The number of rotatable bonds is 4. The monoisotopic (exact) mass is 239 g/mol. The Morgan fingerprint density at radius 1 is 1.18 bits per heavy atom. The molecule has 2 heterocycles. The van der Waals surface area contributed by atoms with Gasteiger partial charge >= 0.3 is 0 Å². The normalized spacial score (nSPS) is 28.1. The molecule has 1 N–H and O–H groups in total. The van der Waals surface area contributed by atoms with E-state index < -0.39 is 0 Å². The molecule has 2 saturated heterocycles. The van der Waals surface area contributed by atoms with Gasteiger partial charge in [-0.1, -0.05) is 20.3 Å². The molecule has 2 aliphatic rings. The van der Waals surface area contributed by atoms with E-state index >= 15 is 0 Å². The van der Waals surface area contributed by atoms with Gasteiger partial charge in [-0.25, -0.2) is 0 Å². The summed E-state index contributed by atoms with van der Waals surface area (Å²) in [6, 6.07) is 0.850. The van der Waals surface area contributed by atoms with Crippen LogP contribution in [0.25, 0.3) is 0 Å². The number of nitrogens with one attached hydrogen (secondary N) is 1. The van der Waals surface area contributed by atoms with Crippen molar-refractivity contribution in [2.24, 2.45) is 5.41 Å². The third-order valence-electron chi connectivity index (χ3n) is 4.23. The summed E-state index contributed by atoms with van der Waals surface area (Å²) in [6.45, 7) is 12.3. The number of hydrogen-bond acceptors (Lipinski definition) is 3. The predicted molar refractivity (Wildman–Crippen MR) is 73.4 cm³/mol. The fourth-order valence-electron chi connectivity index (χ4n) is 3.50. The zero-order valence-corrected chi connectivity index (χ0v) is 11.8. The second-order valence-corrected chi connectivity index (χ2v) is 6.62. The summed E-state index contributed by atoms with van der Waals surface area (Å²) in [6.07, 6.45) is 4.28. The lowest BCUT2D eigenvalue weighted by Crippen LogP contribution is -2.56. The van der Waals surface area contributed by atoms with Crippen LogP contribution >= 0.6 is 0 Å². The van der Waals surface area contributed by atoms with Crippen molar-refractivity contribution >= 4 is 0 Å². The van der Waals surface area contributed by atoms with Crippen molar-refractivity contribution in [2.45, 2.75) is 39.2 Å². The Morgan fingerprint density at radius 3 is 2.76 bits per heavy atom. The largest absolute Gasteiger partial charge is 0.319 e. The van der Waals surface area contributed by atoms with Crippen LogP contribution in [-0.2, 0) is 0 Å². The van der Waals surface area contributed by atoms with Crippen molar-refractivity contribution in [1.29, 1.82) is 0 Å². The average Bonchev–Trinajstić information content (AvgIpc) is 2.28. The molecule has 100 valence electrons. The van der Waals surface area contributed by atoms with E-state index in [1.165, 1.54) is 52.0 Å². The average molecular weight is 239 g/mol. The molecule has 0 aromatic heterocycles. The van der Waals surface area contributed by atoms with Gasteiger partial charge in [-0.05, 0) is 31.8 Å². The molecule has 0 radical (unpaired) electrons. The molecule has 0 aromatic carbocycles. The summed E-state index contributed by atoms with van der Waals surface area (Å²) >= 11 is 0. The van der Waals surface area contributed by atoms with Crippen LogP contribution in [0.5, 0.6) is 0 Å². The maximum atomic E-state index is 3.32. The number of piperazine rings is 1. The molecular weight excluding hydrogens is 210 g/mol. The molecule has 0 aromatic rings. The Kier molecular flexibility index (Phi) is 4.45. The third kappa shape index (κ3) is 3.67. The summed E-state index contributed by atoms with van der Waals surface area (Å²) in [5, 5.41) is 3.32. The summed E-state index contributed by atoms with van der Waals surface area (Å²) in [5.41, 5.74) is 0.394. The molecule has 2 fully saturated rings. The van der Waals surface area contributed by atoms with Crippen molar-refractivity contribution in [2.75, 3.05) is 46.3 Å². The van der Waals surface area contributed by atoms with E-state index in [2.05, 4.69) is 36.0 Å². The number of nitrogens with zero attached hydrogens (tertiary/aromatic N) is 2. The van der Waals surface area contributed by atoms with E-state index in [9.17, 15) is 0 Å². The maximum absolute atomic E-state index is 3.32. The van der Waals surface area contributed by atoms with Gasteiger partial charge in [0.1, 0.15) is 0 Å². The lowest BCUT2D eigenvalue weighted by Gasteiger charge is -2.46. The smallest absolute Gasteiger partial charge is 0.0223 e. The third-order valence-corrected chi connectivity index (χ3v) is 4.23. The molecular formula is C14H29N3. The molecule has 0 spiro atoms. The standard InChI is InChI=1S/C14H29N3/c1-14(2,11-15-3)12-16-8-9-17-7-5-4-6-13(17)10-16/h13,15H,4-12H2,1-3H3. The Labute approximate surface area is 107 Å². The van der Waals surface area contributed by atoms with Crippen LogP contribution in [0.15, 0.2) is 0 Å². The quantitative estimate of drug-likeness (QED) is 0.800. The molecule has 0 amide bonds. The van der Waals surface area contributed by atoms with Crippen LogP contribution in [0, 0.1) is 5.41 Å². The van der Waals surface area contributed by atoms with Gasteiger partial charge in [0, 0.05) is 38.8 Å². The van der Waals surface area contributed by atoms with E-state index in [4.69, 9.17) is 0 Å². The van der Waals surface area contributed by atoms with Crippen LogP contribution in [0.1, 0.15) is 33.1 Å². The van der Waals surface area contributed by atoms with Crippen LogP contribution in [0.4, 0.5) is 0 Å². The minimum atomic E-state index is 0.394. The molecule has 17 heavy (non-hydrogen) atoms. The first-order valence-electron chi connectivity index (χ1n) is 7.22. The van der Waals surface area contributed by atoms with Crippen molar-refractivity contribution in [1.82, 2.24) is 15.1 Å². The molecule has 2 aliphatic heterocycles. The summed E-state index contributed by atoms with van der Waals surface area (Å²) in [4.78, 5) is 5.40. The van der Waals surface area contributed by atoms with Gasteiger partial charge in [-0.2, -0.15) is 0 Å². The molecule has 1 atom stereocenters. The first-order chi connectivity index (χ1) is 8.11. The number of piperidine rings is 1. The maximum Gasteiger partial charge on any atom is 0.0223 e. The van der Waals surface area contributed by atoms with Gasteiger partial charge in [-0.15, -0.1) is 0 Å². The summed E-state index contributed by atoms with van der Waals surface area (Å²) in [5.74, 6) is 0. The summed E-state index contributed by atoms with van der Waals surface area (Å²) in [7, 11) is 2.06. The van der Waals surface area contributed by atoms with Gasteiger partial charge in [0.25, 0.3) is 0 Å². The first-order valence-corrected chi connectivity index (χ1v) is 7.22. The van der Waals surface area contributed by atoms with Crippen molar-refractivity contribution in [3.63, 3.8) is 0 Å². The van der Waals surface area contributed by atoms with Gasteiger partial charge in [-0.3, -0.25) is 9.80 Å². The minimum Gasteiger partial charge on any atom is -0.319 e. The van der Waals surface area contributed by atoms with E-state index in [1.54, 1.807) is 0 Å². The van der Waals surface area contributed by atoms with E-state index in [-0.39, 0.29) is 0 Å². The Hall–Kier alpha value is -0.120. The van der Waals surface area contributed by atoms with Gasteiger partial charge in [0.2, 0.25) is 0 Å². The van der Waals surface area contributed by atoms with Crippen LogP contribution < -0.4 is 5.32 Å². The molecule has 1 unspecified atom stereocenters. The van der Waals surface area contributed by atoms with Gasteiger partial charge in [0.05, 0.1) is 0 Å². The SMILES string of the molecule is CNCC(C)(C)CN1CCN2CCCCC2C1. The lowest BCUT2D eigenvalue weighted by molar-refractivity contribution is 0.0319. The van der Waals surface area contributed by atoms with Crippen LogP contribution in [0.3, 0.4) is 0 Å². The van der Waals surface area contributed by atoms with Gasteiger partial charge in [0.15, 0.2) is 0 Å². The molecule has 3 heteroatoms. The highest BCUT2D eigenvalue weighted by molar-refractivity contribution is 4.87. The van der Waals surface area contributed by atoms with Gasteiger partial charge < -0.3 is 5.32 Å². The topological polar surface area (TPSA) is 18.5 Å². The highest BCUT2D eigenvalue weighted by Crippen LogP contribution is 2.23. The zero-order valence-electron chi connectivity index (χ0n) is 11.8. The lowest BCUT2D eigenvalue weighted by atomic mass is 9.91. The van der Waals surface area contributed by atoms with Crippen molar-refractivity contribution in [3.8, 4) is 0 Å². The Bertz CT molecular complexity index is 240. The first kappa shape index (κ1) is 13.3. The van der Waals surface area contributed by atoms with Crippen LogP contribution in [-0.4, -0.2) is 62.2 Å².